The molecule has 6 nitrogen and oxygen atoms in total. The van der Waals surface area contributed by atoms with Crippen molar-refractivity contribution in [3.05, 3.63) is 66.2 Å². The number of nitrogens with two attached hydrogens (primary N) is 1. The summed E-state index contributed by atoms with van der Waals surface area (Å²) < 4.78 is 26.7. The van der Waals surface area contributed by atoms with Gasteiger partial charge in [0.1, 0.15) is 16.8 Å². The Hall–Kier alpha value is -3.11. The van der Waals surface area contributed by atoms with Crippen LogP contribution in [0, 0.1) is 11.3 Å². The van der Waals surface area contributed by atoms with Crippen LogP contribution in [0.3, 0.4) is 0 Å². The van der Waals surface area contributed by atoms with Crippen molar-refractivity contribution in [2.45, 2.75) is 4.90 Å². The molecule has 0 amide bonds. The molecule has 3 rings (SSSR count). The molecule has 23 heavy (non-hydrogen) atoms. The van der Waals surface area contributed by atoms with Crippen LogP contribution >= 0.6 is 0 Å². The number of nitriles is 1. The average molecular weight is 324 g/mol. The molecule has 0 saturated heterocycles. The number of anilines is 1. The quantitative estimate of drug-likeness (QED) is 0.796. The Morgan fingerprint density at radius 2 is 1.70 bits per heavy atom. The number of nitrogen functional groups attached to an aromatic ring is 1. The van der Waals surface area contributed by atoms with E-state index < -0.39 is 10.0 Å². The summed E-state index contributed by atoms with van der Waals surface area (Å²) in [6, 6.07) is 18.3. The smallest absolute Gasteiger partial charge is 0.284 e. The van der Waals surface area contributed by atoms with Crippen LogP contribution in [0.4, 0.5) is 5.82 Å². The second kappa shape index (κ2) is 5.59. The first-order chi connectivity index (χ1) is 11.0. The van der Waals surface area contributed by atoms with E-state index in [9.17, 15) is 8.42 Å². The Balaban J connectivity index is 2.25. The van der Waals surface area contributed by atoms with Gasteiger partial charge in [-0.3, -0.25) is 0 Å². The lowest BCUT2D eigenvalue weighted by molar-refractivity contribution is 0.581. The van der Waals surface area contributed by atoms with Crippen LogP contribution in [0.5, 0.6) is 0 Å². The fourth-order valence-corrected chi connectivity index (χ4v) is 3.69. The molecule has 0 aliphatic carbocycles. The van der Waals surface area contributed by atoms with E-state index in [0.717, 1.165) is 4.09 Å². The number of nitrogens with zero attached hydrogens (tertiary/aromatic N) is 3. The summed E-state index contributed by atoms with van der Waals surface area (Å²) in [6.07, 6.45) is 0. The third-order valence-electron chi connectivity index (χ3n) is 3.28. The molecule has 2 aromatic carbocycles. The fraction of sp³-hybridized carbons (Fsp3) is 0. The van der Waals surface area contributed by atoms with Crippen LogP contribution in [0.1, 0.15) is 5.56 Å². The maximum atomic E-state index is 12.9. The molecular formula is C16H12N4O2S. The molecule has 1 aromatic heterocycles. The fourth-order valence-electron chi connectivity index (χ4n) is 2.25. The molecule has 0 aliphatic heterocycles. The average Bonchev–Trinajstić information content (AvgIpc) is 2.98. The van der Waals surface area contributed by atoms with E-state index in [1.165, 1.54) is 18.2 Å². The van der Waals surface area contributed by atoms with Gasteiger partial charge in [0.05, 0.1) is 11.3 Å². The molecule has 114 valence electrons. The number of hydrogen-bond donors (Lipinski definition) is 1. The van der Waals surface area contributed by atoms with E-state index in [-0.39, 0.29) is 16.3 Å². The van der Waals surface area contributed by atoms with E-state index in [2.05, 4.69) is 5.10 Å². The Morgan fingerprint density at radius 3 is 2.39 bits per heavy atom. The molecular weight excluding hydrogens is 312 g/mol. The zero-order valence-corrected chi connectivity index (χ0v) is 12.7. The minimum Gasteiger partial charge on any atom is -0.382 e. The Morgan fingerprint density at radius 1 is 1.04 bits per heavy atom. The molecule has 0 fully saturated rings. The molecule has 0 spiro atoms. The van der Waals surface area contributed by atoms with E-state index in [1.54, 1.807) is 36.4 Å². The minimum atomic E-state index is -4.04. The van der Waals surface area contributed by atoms with Crippen molar-refractivity contribution in [3.8, 4) is 17.3 Å². The van der Waals surface area contributed by atoms with Crippen molar-refractivity contribution in [3.63, 3.8) is 0 Å². The van der Waals surface area contributed by atoms with Gasteiger partial charge in [0.25, 0.3) is 10.0 Å². The maximum Gasteiger partial charge on any atom is 0.284 e. The van der Waals surface area contributed by atoms with Crippen LogP contribution in [0.15, 0.2) is 65.6 Å². The Kier molecular flexibility index (Phi) is 3.60. The van der Waals surface area contributed by atoms with Crippen LogP contribution in [-0.2, 0) is 10.0 Å². The van der Waals surface area contributed by atoms with Crippen LogP contribution in [0.2, 0.25) is 0 Å². The van der Waals surface area contributed by atoms with Gasteiger partial charge in [-0.15, -0.1) is 5.10 Å². The third-order valence-corrected chi connectivity index (χ3v) is 4.93. The maximum absolute atomic E-state index is 12.9. The van der Waals surface area contributed by atoms with Gasteiger partial charge in [-0.25, -0.2) is 0 Å². The van der Waals surface area contributed by atoms with Gasteiger partial charge in [-0.05, 0) is 12.1 Å². The molecule has 2 N–H and O–H groups in total. The van der Waals surface area contributed by atoms with Crippen molar-refractivity contribution in [1.29, 1.82) is 5.26 Å². The van der Waals surface area contributed by atoms with Crippen molar-refractivity contribution in [2.24, 2.45) is 0 Å². The molecule has 0 saturated carbocycles. The van der Waals surface area contributed by atoms with Gasteiger partial charge in [-0.2, -0.15) is 17.8 Å². The molecule has 1 heterocycles. The highest BCUT2D eigenvalue weighted by molar-refractivity contribution is 7.90. The van der Waals surface area contributed by atoms with Gasteiger partial charge in [0.15, 0.2) is 0 Å². The van der Waals surface area contributed by atoms with E-state index >= 15 is 0 Å². The highest BCUT2D eigenvalue weighted by Crippen LogP contribution is 2.26. The van der Waals surface area contributed by atoms with E-state index in [0.29, 0.717) is 11.3 Å². The van der Waals surface area contributed by atoms with Gasteiger partial charge in [-0.1, -0.05) is 42.5 Å². The summed E-state index contributed by atoms with van der Waals surface area (Å²) in [6.45, 7) is 0. The monoisotopic (exact) mass is 324 g/mol. The lowest BCUT2D eigenvalue weighted by atomic mass is 10.2. The molecule has 7 heteroatoms. The number of benzene rings is 2. The largest absolute Gasteiger partial charge is 0.382 e. The van der Waals surface area contributed by atoms with Crippen LogP contribution in [0.25, 0.3) is 11.3 Å². The highest BCUT2D eigenvalue weighted by atomic mass is 32.2. The summed E-state index contributed by atoms with van der Waals surface area (Å²) in [5, 5.41) is 13.1. The topological polar surface area (TPSA) is 102 Å². The summed E-state index contributed by atoms with van der Waals surface area (Å²) in [5.74, 6) is 0.0851. The summed E-state index contributed by atoms with van der Waals surface area (Å²) in [7, 11) is -4.04. The molecule has 0 bridgehead atoms. The van der Waals surface area contributed by atoms with Crippen molar-refractivity contribution in [1.82, 2.24) is 9.19 Å². The standard InChI is InChI=1S/C16H12N4O2S/c17-11-13-8-4-5-9-15(13)23(21,22)20-14(10-16(18)19-20)12-6-2-1-3-7-12/h1-10H,(H2,18,19). The highest BCUT2D eigenvalue weighted by Gasteiger charge is 2.25. The number of hydrogen-bond acceptors (Lipinski definition) is 5. The minimum absolute atomic E-state index is 0.0561. The lowest BCUT2D eigenvalue weighted by Gasteiger charge is -2.09. The Bertz CT molecular complexity index is 1000. The molecule has 0 aliphatic rings. The van der Waals surface area contributed by atoms with Crippen molar-refractivity contribution < 1.29 is 8.42 Å². The van der Waals surface area contributed by atoms with Crippen LogP contribution in [-0.4, -0.2) is 17.6 Å². The summed E-state index contributed by atoms with van der Waals surface area (Å²) in [5.41, 5.74) is 6.76. The van der Waals surface area contributed by atoms with Crippen molar-refractivity contribution in [2.75, 3.05) is 5.73 Å². The van der Waals surface area contributed by atoms with Crippen molar-refractivity contribution >= 4 is 15.8 Å². The van der Waals surface area contributed by atoms with E-state index in [4.69, 9.17) is 11.0 Å². The predicted molar refractivity (Wildman–Crippen MR) is 85.8 cm³/mol. The number of aromatic nitrogens is 2. The lowest BCUT2D eigenvalue weighted by Crippen LogP contribution is -2.17. The summed E-state index contributed by atoms with van der Waals surface area (Å²) >= 11 is 0. The first kappa shape index (κ1) is 14.8. The normalized spacial score (nSPS) is 11.1. The molecule has 0 radical (unpaired) electrons. The molecule has 0 atom stereocenters. The second-order valence-electron chi connectivity index (χ2n) is 4.78. The van der Waals surface area contributed by atoms with Gasteiger partial charge in [0.2, 0.25) is 0 Å². The SMILES string of the molecule is N#Cc1ccccc1S(=O)(=O)n1nc(N)cc1-c1ccccc1. The van der Waals surface area contributed by atoms with Gasteiger partial charge < -0.3 is 5.73 Å². The first-order valence-corrected chi connectivity index (χ1v) is 8.13. The van der Waals surface area contributed by atoms with Gasteiger partial charge in [0, 0.05) is 11.6 Å². The molecule has 0 unspecified atom stereocenters. The van der Waals surface area contributed by atoms with Gasteiger partial charge >= 0.3 is 0 Å². The number of rotatable bonds is 3. The Labute approximate surface area is 133 Å². The zero-order valence-electron chi connectivity index (χ0n) is 11.9. The zero-order chi connectivity index (χ0) is 16.4. The summed E-state index contributed by atoms with van der Waals surface area (Å²) in [4.78, 5) is -0.109. The third kappa shape index (κ3) is 2.56. The second-order valence-corrected chi connectivity index (χ2v) is 6.51. The predicted octanol–water partition coefficient (Wildman–Crippen LogP) is 2.24. The van der Waals surface area contributed by atoms with Crippen LogP contribution < -0.4 is 5.73 Å². The first-order valence-electron chi connectivity index (χ1n) is 6.69. The molecule has 3 aromatic rings. The van der Waals surface area contributed by atoms with E-state index in [1.807, 2.05) is 12.1 Å².